The highest BCUT2D eigenvalue weighted by atomic mass is 14.6. The summed E-state index contributed by atoms with van der Waals surface area (Å²) >= 11 is 0. The van der Waals surface area contributed by atoms with Crippen molar-refractivity contribution in [2.45, 2.75) is 32.6 Å². The number of hydrogen-bond acceptors (Lipinski definition) is 1. The molecule has 0 aromatic rings. The molecule has 0 atom stereocenters. The van der Waals surface area contributed by atoms with Gasteiger partial charge in [0.2, 0.25) is 0 Å². The van der Waals surface area contributed by atoms with Gasteiger partial charge in [-0.15, -0.1) is 0 Å². The summed E-state index contributed by atoms with van der Waals surface area (Å²) in [5, 5.41) is 0. The molecular weight excluding hydrogens is 110 g/mol. The van der Waals surface area contributed by atoms with Gasteiger partial charge in [0, 0.05) is 5.70 Å². The lowest BCUT2D eigenvalue weighted by Gasteiger charge is -2.06. The molecule has 0 radical (unpaired) electrons. The van der Waals surface area contributed by atoms with E-state index in [1.165, 1.54) is 25.7 Å². The fourth-order valence-electron chi connectivity index (χ4n) is 1.49. The number of nitrogens with two attached hydrogens (primary N) is 1. The summed E-state index contributed by atoms with van der Waals surface area (Å²) in [5.41, 5.74) is 6.84. The Balaban J connectivity index is 2.42. The number of hydrogen-bond donors (Lipinski definition) is 1. The van der Waals surface area contributed by atoms with Crippen LogP contribution < -0.4 is 5.73 Å². The average molecular weight is 125 g/mol. The van der Waals surface area contributed by atoms with E-state index in [1.54, 1.807) is 0 Å². The van der Waals surface area contributed by atoms with E-state index in [0.29, 0.717) is 0 Å². The van der Waals surface area contributed by atoms with Gasteiger partial charge in [0.1, 0.15) is 0 Å². The maximum atomic E-state index is 5.74. The summed E-state index contributed by atoms with van der Waals surface area (Å²) in [6, 6.07) is 0. The Morgan fingerprint density at radius 3 is 2.44 bits per heavy atom. The normalized spacial score (nSPS) is 23.0. The molecule has 1 rings (SSSR count). The van der Waals surface area contributed by atoms with Gasteiger partial charge in [0.05, 0.1) is 0 Å². The van der Waals surface area contributed by atoms with Crippen LogP contribution in [0.2, 0.25) is 0 Å². The van der Waals surface area contributed by atoms with E-state index in [-0.39, 0.29) is 0 Å². The fraction of sp³-hybridized carbons (Fsp3) is 0.750. The summed E-state index contributed by atoms with van der Waals surface area (Å²) in [6.07, 6.45) is 7.42. The molecule has 1 nitrogen and oxygen atoms in total. The molecule has 0 bridgehead atoms. The molecule has 0 aliphatic heterocycles. The Morgan fingerprint density at radius 1 is 1.44 bits per heavy atom. The molecule has 0 aromatic heterocycles. The Bertz CT molecular complexity index is 110. The monoisotopic (exact) mass is 125 g/mol. The lowest BCUT2D eigenvalue weighted by Crippen LogP contribution is -2.07. The predicted octanol–water partition coefficient (Wildman–Crippen LogP) is 2.04. The molecule has 0 unspecified atom stereocenters. The van der Waals surface area contributed by atoms with Gasteiger partial charge >= 0.3 is 0 Å². The van der Waals surface area contributed by atoms with E-state index < -0.39 is 0 Å². The van der Waals surface area contributed by atoms with Crippen molar-refractivity contribution in [2.24, 2.45) is 11.7 Å². The Labute approximate surface area is 56.9 Å². The lowest BCUT2D eigenvalue weighted by atomic mass is 10.0. The van der Waals surface area contributed by atoms with Crippen molar-refractivity contribution in [3.05, 3.63) is 11.8 Å². The van der Waals surface area contributed by atoms with Gasteiger partial charge in [0.15, 0.2) is 0 Å². The molecule has 2 N–H and O–H groups in total. The minimum atomic E-state index is 0.718. The predicted molar refractivity (Wildman–Crippen MR) is 39.9 cm³/mol. The standard InChI is InChI=1S/C8H15N/c1-2-8(9)7-5-3-4-6-7/h2,7H,3-6,9H2,1H3/b8-2-. The van der Waals surface area contributed by atoms with Crippen LogP contribution in [-0.4, -0.2) is 0 Å². The molecule has 0 amide bonds. The van der Waals surface area contributed by atoms with Gasteiger partial charge in [-0.05, 0) is 25.7 Å². The largest absolute Gasteiger partial charge is 0.402 e. The molecule has 52 valence electrons. The van der Waals surface area contributed by atoms with Gasteiger partial charge in [-0.2, -0.15) is 0 Å². The highest BCUT2D eigenvalue weighted by Gasteiger charge is 2.15. The van der Waals surface area contributed by atoms with Gasteiger partial charge in [-0.25, -0.2) is 0 Å². The summed E-state index contributed by atoms with van der Waals surface area (Å²) in [6.45, 7) is 2.02. The topological polar surface area (TPSA) is 26.0 Å². The number of rotatable bonds is 1. The molecule has 0 saturated heterocycles. The second-order valence-corrected chi connectivity index (χ2v) is 2.77. The van der Waals surface area contributed by atoms with Crippen molar-refractivity contribution in [1.29, 1.82) is 0 Å². The van der Waals surface area contributed by atoms with Crippen LogP contribution in [0.1, 0.15) is 32.6 Å². The molecule has 1 heteroatoms. The van der Waals surface area contributed by atoms with Gasteiger partial charge < -0.3 is 5.73 Å². The van der Waals surface area contributed by atoms with E-state index in [4.69, 9.17) is 5.73 Å². The second kappa shape index (κ2) is 2.90. The van der Waals surface area contributed by atoms with Gasteiger partial charge in [0.25, 0.3) is 0 Å². The summed E-state index contributed by atoms with van der Waals surface area (Å²) in [5.74, 6) is 0.718. The minimum absolute atomic E-state index is 0.718. The first-order valence-corrected chi connectivity index (χ1v) is 3.76. The van der Waals surface area contributed by atoms with Crippen molar-refractivity contribution in [3.63, 3.8) is 0 Å². The second-order valence-electron chi connectivity index (χ2n) is 2.77. The molecule has 1 aliphatic rings. The van der Waals surface area contributed by atoms with Gasteiger partial charge in [-0.3, -0.25) is 0 Å². The molecule has 1 saturated carbocycles. The molecule has 1 fully saturated rings. The van der Waals surface area contributed by atoms with Crippen molar-refractivity contribution < 1.29 is 0 Å². The Hall–Kier alpha value is -0.460. The van der Waals surface area contributed by atoms with E-state index in [1.807, 2.05) is 13.0 Å². The van der Waals surface area contributed by atoms with E-state index in [9.17, 15) is 0 Å². The highest BCUT2D eigenvalue weighted by molar-refractivity contribution is 5.01. The van der Waals surface area contributed by atoms with Crippen LogP contribution in [0.15, 0.2) is 11.8 Å². The van der Waals surface area contributed by atoms with E-state index >= 15 is 0 Å². The lowest BCUT2D eigenvalue weighted by molar-refractivity contribution is 0.633. The molecule has 0 heterocycles. The summed E-state index contributed by atoms with van der Waals surface area (Å²) in [7, 11) is 0. The van der Waals surface area contributed by atoms with Crippen LogP contribution in [-0.2, 0) is 0 Å². The quantitative estimate of drug-likeness (QED) is 0.570. The van der Waals surface area contributed by atoms with Crippen molar-refractivity contribution in [2.75, 3.05) is 0 Å². The smallest absolute Gasteiger partial charge is 0.00686 e. The third kappa shape index (κ3) is 1.47. The molecule has 0 spiro atoms. The fourth-order valence-corrected chi connectivity index (χ4v) is 1.49. The van der Waals surface area contributed by atoms with Crippen molar-refractivity contribution >= 4 is 0 Å². The Morgan fingerprint density at radius 2 is 2.00 bits per heavy atom. The maximum Gasteiger partial charge on any atom is 0.00686 e. The SMILES string of the molecule is C/C=C(\N)C1CCCC1. The van der Waals surface area contributed by atoms with Crippen molar-refractivity contribution in [1.82, 2.24) is 0 Å². The van der Waals surface area contributed by atoms with E-state index in [2.05, 4.69) is 0 Å². The third-order valence-electron chi connectivity index (χ3n) is 2.16. The summed E-state index contributed by atoms with van der Waals surface area (Å²) < 4.78 is 0. The van der Waals surface area contributed by atoms with Crippen LogP contribution in [0.3, 0.4) is 0 Å². The zero-order valence-corrected chi connectivity index (χ0v) is 6.06. The molecule has 1 aliphatic carbocycles. The zero-order chi connectivity index (χ0) is 6.69. The molecule has 9 heavy (non-hydrogen) atoms. The van der Waals surface area contributed by atoms with Crippen molar-refractivity contribution in [3.8, 4) is 0 Å². The summed E-state index contributed by atoms with van der Waals surface area (Å²) in [4.78, 5) is 0. The maximum absolute atomic E-state index is 5.74. The number of allylic oxidation sites excluding steroid dienone is 2. The zero-order valence-electron chi connectivity index (χ0n) is 6.06. The van der Waals surface area contributed by atoms with Crippen LogP contribution in [0, 0.1) is 5.92 Å². The first-order chi connectivity index (χ1) is 4.34. The average Bonchev–Trinajstić information content (AvgIpc) is 2.37. The van der Waals surface area contributed by atoms with Crippen LogP contribution >= 0.6 is 0 Å². The molecular formula is C8H15N. The first kappa shape index (κ1) is 6.66. The third-order valence-corrected chi connectivity index (χ3v) is 2.16. The molecule has 0 aromatic carbocycles. The minimum Gasteiger partial charge on any atom is -0.402 e. The highest BCUT2D eigenvalue weighted by Crippen LogP contribution is 2.28. The van der Waals surface area contributed by atoms with E-state index in [0.717, 1.165) is 11.6 Å². The van der Waals surface area contributed by atoms with Crippen LogP contribution in [0.4, 0.5) is 0 Å². The van der Waals surface area contributed by atoms with Crippen LogP contribution in [0.25, 0.3) is 0 Å². The van der Waals surface area contributed by atoms with Gasteiger partial charge in [-0.1, -0.05) is 18.9 Å². The first-order valence-electron chi connectivity index (χ1n) is 3.76. The van der Waals surface area contributed by atoms with Crippen LogP contribution in [0.5, 0.6) is 0 Å². The Kier molecular flexibility index (Phi) is 2.15.